The zero-order chi connectivity index (χ0) is 12.0. The van der Waals surface area contributed by atoms with E-state index in [1.54, 1.807) is 0 Å². The van der Waals surface area contributed by atoms with Gasteiger partial charge in [-0.25, -0.2) is 9.59 Å². The van der Waals surface area contributed by atoms with Gasteiger partial charge in [0.25, 0.3) is 0 Å². The lowest BCUT2D eigenvalue weighted by atomic mass is 10.3. The average molecular weight is 230 g/mol. The fourth-order valence-electron chi connectivity index (χ4n) is 1.37. The second-order valence-corrected chi connectivity index (χ2v) is 4.06. The van der Waals surface area contributed by atoms with Gasteiger partial charge in [0, 0.05) is 13.1 Å². The molecule has 0 saturated heterocycles. The van der Waals surface area contributed by atoms with Crippen molar-refractivity contribution in [3.05, 3.63) is 0 Å². The summed E-state index contributed by atoms with van der Waals surface area (Å²) in [5, 5.41) is 13.6. The summed E-state index contributed by atoms with van der Waals surface area (Å²) in [7, 11) is 0. The van der Waals surface area contributed by atoms with E-state index < -0.39 is 5.97 Å². The number of ether oxygens (including phenoxy) is 1. The maximum Gasteiger partial charge on any atom is 0.329 e. The number of nitrogens with one attached hydrogen (secondary N) is 2. The third kappa shape index (κ3) is 5.55. The molecular weight excluding hydrogens is 212 g/mol. The standard InChI is InChI=1S/C10H18N2O4/c1-7-4-8(7)5-12-10(15)11-2-3-16-6-9(13)14/h7-8H,2-6H2,1H3,(H,13,14)(H2,11,12,15). The van der Waals surface area contributed by atoms with Crippen LogP contribution in [0, 0.1) is 11.8 Å². The predicted octanol–water partition coefficient (Wildman–Crippen LogP) is 0.0428. The summed E-state index contributed by atoms with van der Waals surface area (Å²) < 4.78 is 4.76. The summed E-state index contributed by atoms with van der Waals surface area (Å²) in [6.07, 6.45) is 1.18. The van der Waals surface area contributed by atoms with Crippen molar-refractivity contribution in [3.63, 3.8) is 0 Å². The van der Waals surface area contributed by atoms with E-state index in [1.807, 2.05) is 0 Å². The van der Waals surface area contributed by atoms with Crippen molar-refractivity contribution in [1.29, 1.82) is 0 Å². The van der Waals surface area contributed by atoms with Crippen LogP contribution in [0.4, 0.5) is 4.79 Å². The molecule has 2 amide bonds. The molecule has 1 saturated carbocycles. The minimum absolute atomic E-state index is 0.208. The molecule has 1 fully saturated rings. The van der Waals surface area contributed by atoms with Gasteiger partial charge in [-0.2, -0.15) is 0 Å². The van der Waals surface area contributed by atoms with Gasteiger partial charge >= 0.3 is 12.0 Å². The molecule has 1 rings (SSSR count). The van der Waals surface area contributed by atoms with Crippen LogP contribution >= 0.6 is 0 Å². The molecule has 0 spiro atoms. The van der Waals surface area contributed by atoms with Gasteiger partial charge in [0.2, 0.25) is 0 Å². The van der Waals surface area contributed by atoms with Crippen molar-refractivity contribution in [2.24, 2.45) is 11.8 Å². The molecule has 3 N–H and O–H groups in total. The molecule has 0 radical (unpaired) electrons. The molecule has 0 heterocycles. The van der Waals surface area contributed by atoms with Gasteiger partial charge in [0.05, 0.1) is 6.61 Å². The highest BCUT2D eigenvalue weighted by molar-refractivity contribution is 5.73. The van der Waals surface area contributed by atoms with E-state index in [4.69, 9.17) is 9.84 Å². The van der Waals surface area contributed by atoms with Crippen LogP contribution in [-0.4, -0.2) is 43.4 Å². The number of carboxylic acid groups (broad SMARTS) is 1. The van der Waals surface area contributed by atoms with Crippen molar-refractivity contribution < 1.29 is 19.4 Å². The van der Waals surface area contributed by atoms with Crippen LogP contribution in [0.15, 0.2) is 0 Å². The number of carbonyl (C=O) groups is 2. The van der Waals surface area contributed by atoms with Gasteiger partial charge in [-0.15, -0.1) is 0 Å². The molecular formula is C10H18N2O4. The topological polar surface area (TPSA) is 87.7 Å². The van der Waals surface area contributed by atoms with Crippen LogP contribution in [0.5, 0.6) is 0 Å². The highest BCUT2D eigenvalue weighted by Crippen LogP contribution is 2.36. The van der Waals surface area contributed by atoms with E-state index in [0.29, 0.717) is 19.0 Å². The first-order chi connectivity index (χ1) is 7.59. The largest absolute Gasteiger partial charge is 0.480 e. The van der Waals surface area contributed by atoms with Crippen LogP contribution in [-0.2, 0) is 9.53 Å². The van der Waals surface area contributed by atoms with E-state index >= 15 is 0 Å². The smallest absolute Gasteiger partial charge is 0.329 e. The first kappa shape index (κ1) is 12.8. The Bertz CT molecular complexity index is 257. The Kier molecular flexibility index (Phi) is 5.04. The van der Waals surface area contributed by atoms with Gasteiger partial charge in [-0.05, 0) is 18.3 Å². The van der Waals surface area contributed by atoms with Crippen molar-refractivity contribution in [2.45, 2.75) is 13.3 Å². The van der Waals surface area contributed by atoms with E-state index in [2.05, 4.69) is 17.6 Å². The van der Waals surface area contributed by atoms with Crippen LogP contribution in [0.1, 0.15) is 13.3 Å². The lowest BCUT2D eigenvalue weighted by Crippen LogP contribution is -2.38. The van der Waals surface area contributed by atoms with Gasteiger partial charge in [-0.3, -0.25) is 0 Å². The highest BCUT2D eigenvalue weighted by atomic mass is 16.5. The summed E-state index contributed by atoms with van der Waals surface area (Å²) in [4.78, 5) is 21.3. The molecule has 0 bridgehead atoms. The van der Waals surface area contributed by atoms with Crippen molar-refractivity contribution in [2.75, 3.05) is 26.3 Å². The number of urea groups is 1. The third-order valence-electron chi connectivity index (χ3n) is 2.56. The van der Waals surface area contributed by atoms with E-state index in [0.717, 1.165) is 5.92 Å². The fraction of sp³-hybridized carbons (Fsp3) is 0.800. The summed E-state index contributed by atoms with van der Waals surface area (Å²) in [5.41, 5.74) is 0. The normalized spacial score (nSPS) is 22.6. The summed E-state index contributed by atoms with van der Waals surface area (Å²) >= 11 is 0. The lowest BCUT2D eigenvalue weighted by molar-refractivity contribution is -0.142. The Hall–Kier alpha value is -1.30. The van der Waals surface area contributed by atoms with Crippen LogP contribution in [0.3, 0.4) is 0 Å². The quantitative estimate of drug-likeness (QED) is 0.539. The minimum atomic E-state index is -1.01. The van der Waals surface area contributed by atoms with Crippen LogP contribution in [0.2, 0.25) is 0 Å². The summed E-state index contributed by atoms with van der Waals surface area (Å²) in [5.74, 6) is 0.334. The third-order valence-corrected chi connectivity index (χ3v) is 2.56. The summed E-state index contributed by atoms with van der Waals surface area (Å²) in [6.45, 7) is 3.06. The molecule has 2 unspecified atom stereocenters. The Morgan fingerprint density at radius 1 is 1.44 bits per heavy atom. The molecule has 0 aliphatic heterocycles. The molecule has 2 atom stereocenters. The van der Waals surface area contributed by atoms with Crippen molar-refractivity contribution >= 4 is 12.0 Å². The molecule has 92 valence electrons. The molecule has 0 aromatic rings. The number of hydrogen-bond acceptors (Lipinski definition) is 3. The zero-order valence-electron chi connectivity index (χ0n) is 9.36. The van der Waals surface area contributed by atoms with Crippen LogP contribution in [0.25, 0.3) is 0 Å². The molecule has 1 aliphatic carbocycles. The van der Waals surface area contributed by atoms with Gasteiger partial charge in [-0.1, -0.05) is 6.92 Å². The second kappa shape index (κ2) is 6.32. The SMILES string of the molecule is CC1CC1CNC(=O)NCCOCC(=O)O. The van der Waals surface area contributed by atoms with E-state index in [1.165, 1.54) is 6.42 Å². The predicted molar refractivity (Wildman–Crippen MR) is 57.1 cm³/mol. The molecule has 6 nitrogen and oxygen atoms in total. The Balaban J connectivity index is 1.88. The number of aliphatic carboxylic acids is 1. The van der Waals surface area contributed by atoms with Crippen LogP contribution < -0.4 is 10.6 Å². The number of carboxylic acids is 1. The molecule has 1 aliphatic rings. The van der Waals surface area contributed by atoms with E-state index in [-0.39, 0.29) is 19.2 Å². The first-order valence-corrected chi connectivity index (χ1v) is 5.41. The molecule has 0 aromatic heterocycles. The zero-order valence-corrected chi connectivity index (χ0v) is 9.36. The van der Waals surface area contributed by atoms with Gasteiger partial charge < -0.3 is 20.5 Å². The average Bonchev–Trinajstić information content (AvgIpc) is 2.91. The number of hydrogen-bond donors (Lipinski definition) is 3. The number of rotatable bonds is 7. The maximum atomic E-state index is 11.2. The van der Waals surface area contributed by atoms with E-state index in [9.17, 15) is 9.59 Å². The summed E-state index contributed by atoms with van der Waals surface area (Å²) in [6, 6.07) is -0.224. The van der Waals surface area contributed by atoms with Gasteiger partial charge in [0.15, 0.2) is 0 Å². The Morgan fingerprint density at radius 3 is 2.69 bits per heavy atom. The maximum absolute atomic E-state index is 11.2. The monoisotopic (exact) mass is 230 g/mol. The number of carbonyl (C=O) groups excluding carboxylic acids is 1. The molecule has 16 heavy (non-hydrogen) atoms. The molecule has 0 aromatic carbocycles. The number of amides is 2. The second-order valence-electron chi connectivity index (χ2n) is 4.06. The lowest BCUT2D eigenvalue weighted by Gasteiger charge is -2.06. The highest BCUT2D eigenvalue weighted by Gasteiger charge is 2.32. The fourth-order valence-corrected chi connectivity index (χ4v) is 1.37. The minimum Gasteiger partial charge on any atom is -0.480 e. The van der Waals surface area contributed by atoms with Gasteiger partial charge in [0.1, 0.15) is 6.61 Å². The molecule has 6 heteroatoms. The Morgan fingerprint density at radius 2 is 2.12 bits per heavy atom. The van der Waals surface area contributed by atoms with Crippen molar-refractivity contribution in [1.82, 2.24) is 10.6 Å². The first-order valence-electron chi connectivity index (χ1n) is 5.41. The van der Waals surface area contributed by atoms with Crippen molar-refractivity contribution in [3.8, 4) is 0 Å². The Labute approximate surface area is 94.3 Å².